The van der Waals surface area contributed by atoms with Crippen molar-refractivity contribution in [2.45, 2.75) is 32.8 Å². The molecule has 1 aromatic rings. The molecule has 0 radical (unpaired) electrons. The molecule has 1 fully saturated rings. The van der Waals surface area contributed by atoms with Crippen LogP contribution in [-0.4, -0.2) is 13.2 Å². The van der Waals surface area contributed by atoms with Gasteiger partial charge >= 0.3 is 0 Å². The fourth-order valence-corrected chi connectivity index (χ4v) is 3.42. The molecule has 1 saturated carbocycles. The lowest BCUT2D eigenvalue weighted by molar-refractivity contribution is 0.110. The smallest absolute Gasteiger partial charge is 0.0719 e. The zero-order chi connectivity index (χ0) is 12.0. The van der Waals surface area contributed by atoms with Gasteiger partial charge in [-0.1, -0.05) is 32.0 Å². The van der Waals surface area contributed by atoms with Crippen LogP contribution in [0.4, 0.5) is 0 Å². The largest absolute Gasteiger partial charge is 0.376 e. The van der Waals surface area contributed by atoms with Crippen molar-refractivity contribution >= 4 is 0 Å². The Morgan fingerprint density at radius 1 is 1.35 bits per heavy atom. The summed E-state index contributed by atoms with van der Waals surface area (Å²) in [5.41, 5.74) is 10.6. The minimum Gasteiger partial charge on any atom is -0.376 e. The molecule has 3 rings (SSSR count). The average Bonchev–Trinajstić information content (AvgIpc) is 2.90. The number of rotatable bonds is 2. The van der Waals surface area contributed by atoms with Gasteiger partial charge in [0.2, 0.25) is 0 Å². The van der Waals surface area contributed by atoms with Gasteiger partial charge in [-0.2, -0.15) is 0 Å². The van der Waals surface area contributed by atoms with Gasteiger partial charge in [-0.15, -0.1) is 0 Å². The Morgan fingerprint density at radius 3 is 2.88 bits per heavy atom. The van der Waals surface area contributed by atoms with Crippen LogP contribution < -0.4 is 5.73 Å². The molecule has 1 aromatic carbocycles. The fourth-order valence-electron chi connectivity index (χ4n) is 3.42. The van der Waals surface area contributed by atoms with Crippen LogP contribution in [-0.2, 0) is 17.8 Å². The second-order valence-corrected chi connectivity index (χ2v) is 5.97. The van der Waals surface area contributed by atoms with Crippen molar-refractivity contribution in [2.24, 2.45) is 17.1 Å². The second kappa shape index (κ2) is 3.82. The van der Waals surface area contributed by atoms with Gasteiger partial charge in [0.15, 0.2) is 0 Å². The van der Waals surface area contributed by atoms with Gasteiger partial charge < -0.3 is 10.5 Å². The first-order valence-electron chi connectivity index (χ1n) is 6.54. The lowest BCUT2D eigenvalue weighted by Crippen LogP contribution is -2.10. The standard InChI is InChI=1S/C15H21NO/c1-15(2)13(8-16)14(15)11-3-4-12-9-17-6-5-10(12)7-11/h3-4,7,13-14H,5-6,8-9,16H2,1-2H3. The van der Waals surface area contributed by atoms with Crippen molar-refractivity contribution in [2.75, 3.05) is 13.2 Å². The van der Waals surface area contributed by atoms with Gasteiger partial charge in [-0.25, -0.2) is 0 Å². The van der Waals surface area contributed by atoms with Crippen LogP contribution in [0.15, 0.2) is 18.2 Å². The summed E-state index contributed by atoms with van der Waals surface area (Å²) in [5.74, 6) is 1.31. The van der Waals surface area contributed by atoms with Gasteiger partial charge in [-0.05, 0) is 46.9 Å². The van der Waals surface area contributed by atoms with Crippen molar-refractivity contribution in [3.8, 4) is 0 Å². The molecule has 2 heteroatoms. The van der Waals surface area contributed by atoms with Crippen LogP contribution in [0.3, 0.4) is 0 Å². The Kier molecular flexibility index (Phi) is 2.53. The SMILES string of the molecule is CC1(C)C(CN)C1c1ccc2c(c1)CCOC2. The van der Waals surface area contributed by atoms with E-state index in [0.29, 0.717) is 17.3 Å². The predicted molar refractivity (Wildman–Crippen MR) is 68.9 cm³/mol. The van der Waals surface area contributed by atoms with Crippen LogP contribution in [0.5, 0.6) is 0 Å². The van der Waals surface area contributed by atoms with Crippen LogP contribution in [0.25, 0.3) is 0 Å². The van der Waals surface area contributed by atoms with E-state index < -0.39 is 0 Å². The maximum atomic E-state index is 5.85. The van der Waals surface area contributed by atoms with E-state index in [-0.39, 0.29) is 0 Å². The van der Waals surface area contributed by atoms with Gasteiger partial charge in [-0.3, -0.25) is 0 Å². The predicted octanol–water partition coefficient (Wildman–Crippen LogP) is 2.46. The Labute approximate surface area is 103 Å². The van der Waals surface area contributed by atoms with Crippen LogP contribution in [0.2, 0.25) is 0 Å². The number of benzene rings is 1. The third-order valence-corrected chi connectivity index (χ3v) is 4.67. The fraction of sp³-hybridized carbons (Fsp3) is 0.600. The molecule has 1 aliphatic heterocycles. The number of hydrogen-bond acceptors (Lipinski definition) is 2. The molecule has 2 N–H and O–H groups in total. The van der Waals surface area contributed by atoms with Crippen LogP contribution in [0, 0.1) is 11.3 Å². The lowest BCUT2D eigenvalue weighted by Gasteiger charge is -2.17. The van der Waals surface area contributed by atoms with E-state index >= 15 is 0 Å². The summed E-state index contributed by atoms with van der Waals surface area (Å²) in [6.45, 7) is 7.11. The van der Waals surface area contributed by atoms with E-state index in [9.17, 15) is 0 Å². The number of ether oxygens (including phenoxy) is 1. The van der Waals surface area contributed by atoms with Gasteiger partial charge in [0.1, 0.15) is 0 Å². The van der Waals surface area contributed by atoms with E-state index in [1.807, 2.05) is 0 Å². The van der Waals surface area contributed by atoms with Gasteiger partial charge in [0.25, 0.3) is 0 Å². The maximum absolute atomic E-state index is 5.85. The van der Waals surface area contributed by atoms with Crippen molar-refractivity contribution in [3.63, 3.8) is 0 Å². The molecule has 0 amide bonds. The molecule has 0 spiro atoms. The molecular weight excluding hydrogens is 210 g/mol. The summed E-state index contributed by atoms with van der Waals surface area (Å²) in [5, 5.41) is 0. The quantitative estimate of drug-likeness (QED) is 0.848. The number of fused-ring (bicyclic) bond motifs is 1. The zero-order valence-electron chi connectivity index (χ0n) is 10.7. The summed E-state index contributed by atoms with van der Waals surface area (Å²) in [7, 11) is 0. The first-order valence-corrected chi connectivity index (χ1v) is 6.54. The van der Waals surface area contributed by atoms with E-state index in [1.54, 1.807) is 0 Å². The molecule has 92 valence electrons. The molecule has 0 saturated heterocycles. The summed E-state index contributed by atoms with van der Waals surface area (Å²) >= 11 is 0. The number of hydrogen-bond donors (Lipinski definition) is 1. The Morgan fingerprint density at radius 2 is 2.18 bits per heavy atom. The molecule has 2 atom stereocenters. The average molecular weight is 231 g/mol. The summed E-state index contributed by atoms with van der Waals surface area (Å²) < 4.78 is 5.48. The highest BCUT2D eigenvalue weighted by Gasteiger charge is 2.57. The Balaban J connectivity index is 1.90. The minimum atomic E-state index is 0.383. The van der Waals surface area contributed by atoms with E-state index in [1.165, 1.54) is 16.7 Å². The van der Waals surface area contributed by atoms with Crippen LogP contribution in [0.1, 0.15) is 36.5 Å². The van der Waals surface area contributed by atoms with Crippen molar-refractivity contribution in [3.05, 3.63) is 34.9 Å². The maximum Gasteiger partial charge on any atom is 0.0719 e. The van der Waals surface area contributed by atoms with Crippen molar-refractivity contribution in [1.82, 2.24) is 0 Å². The molecule has 17 heavy (non-hydrogen) atoms. The highest BCUT2D eigenvalue weighted by atomic mass is 16.5. The molecule has 1 aliphatic carbocycles. The topological polar surface area (TPSA) is 35.2 Å². The highest BCUT2D eigenvalue weighted by molar-refractivity contribution is 5.39. The third-order valence-electron chi connectivity index (χ3n) is 4.67. The lowest BCUT2D eigenvalue weighted by atomic mass is 9.96. The minimum absolute atomic E-state index is 0.383. The van der Waals surface area contributed by atoms with E-state index in [2.05, 4.69) is 32.0 Å². The molecule has 2 unspecified atom stereocenters. The Hall–Kier alpha value is -0.860. The van der Waals surface area contributed by atoms with Crippen molar-refractivity contribution in [1.29, 1.82) is 0 Å². The summed E-state index contributed by atoms with van der Waals surface area (Å²) in [4.78, 5) is 0. The molecule has 1 heterocycles. The normalized spacial score (nSPS) is 29.8. The van der Waals surface area contributed by atoms with Gasteiger partial charge in [0.05, 0.1) is 13.2 Å². The highest BCUT2D eigenvalue weighted by Crippen LogP contribution is 2.63. The van der Waals surface area contributed by atoms with E-state index in [4.69, 9.17) is 10.5 Å². The second-order valence-electron chi connectivity index (χ2n) is 5.97. The molecule has 0 aromatic heterocycles. The van der Waals surface area contributed by atoms with Crippen LogP contribution >= 0.6 is 0 Å². The van der Waals surface area contributed by atoms with E-state index in [0.717, 1.165) is 26.2 Å². The molecular formula is C15H21NO. The first-order chi connectivity index (χ1) is 8.14. The monoisotopic (exact) mass is 231 g/mol. The zero-order valence-corrected chi connectivity index (χ0v) is 10.7. The third kappa shape index (κ3) is 1.71. The Bertz CT molecular complexity index is 439. The van der Waals surface area contributed by atoms with Crippen molar-refractivity contribution < 1.29 is 4.74 Å². The number of nitrogens with two attached hydrogens (primary N) is 1. The molecule has 2 aliphatic rings. The summed E-state index contributed by atoms with van der Waals surface area (Å²) in [6, 6.07) is 6.90. The molecule has 2 nitrogen and oxygen atoms in total. The summed E-state index contributed by atoms with van der Waals surface area (Å²) in [6.07, 6.45) is 1.06. The van der Waals surface area contributed by atoms with Gasteiger partial charge in [0, 0.05) is 0 Å². The molecule has 0 bridgehead atoms. The first kappa shape index (κ1) is 11.2.